The van der Waals surface area contributed by atoms with Gasteiger partial charge in [-0.1, -0.05) is 60.5 Å². The quantitative estimate of drug-likeness (QED) is 0.0880. The van der Waals surface area contributed by atoms with Crippen molar-refractivity contribution in [3.8, 4) is 11.5 Å². The number of rotatable bonds is 17. The first kappa shape index (κ1) is 36.7. The molecular weight excluding hydrogens is 546 g/mol. The number of ether oxygens (including phenoxy) is 5. The van der Waals surface area contributed by atoms with Gasteiger partial charge in [0.2, 0.25) is 0 Å². The molecule has 11 nitrogen and oxygen atoms in total. The summed E-state index contributed by atoms with van der Waals surface area (Å²) in [4.78, 5) is 50.6. The van der Waals surface area contributed by atoms with E-state index in [1.807, 2.05) is 41.5 Å². The van der Waals surface area contributed by atoms with E-state index in [1.165, 1.54) is 18.2 Å². The van der Waals surface area contributed by atoms with Crippen molar-refractivity contribution in [1.29, 1.82) is 0 Å². The molecule has 1 rings (SSSR count). The first-order chi connectivity index (χ1) is 19.6. The SMILES string of the molecule is CCC(C)COC(=O)Oc1ccc(C[C@](NC(C)CC)(OC(=O)C(C)(C)CC)C(=O)O)cc1OC(=O)OCC(C)CC. The van der Waals surface area contributed by atoms with Crippen LogP contribution in [0.5, 0.6) is 11.5 Å². The molecule has 238 valence electrons. The highest BCUT2D eigenvalue weighted by Gasteiger charge is 2.46. The number of carboxylic acids is 1. The van der Waals surface area contributed by atoms with Crippen LogP contribution in [0.3, 0.4) is 0 Å². The smallest absolute Gasteiger partial charge is 0.477 e. The Morgan fingerprint density at radius 1 is 0.833 bits per heavy atom. The zero-order valence-corrected chi connectivity index (χ0v) is 26.5. The maximum Gasteiger partial charge on any atom is 0.513 e. The molecule has 0 spiro atoms. The maximum atomic E-state index is 13.1. The minimum absolute atomic E-state index is 0.0972. The van der Waals surface area contributed by atoms with Crippen LogP contribution in [0.1, 0.15) is 93.6 Å². The maximum absolute atomic E-state index is 13.1. The van der Waals surface area contributed by atoms with Crippen LogP contribution in [-0.2, 0) is 30.2 Å². The molecule has 0 heterocycles. The van der Waals surface area contributed by atoms with Crippen molar-refractivity contribution in [2.45, 2.75) is 106 Å². The fourth-order valence-electron chi connectivity index (χ4n) is 3.25. The van der Waals surface area contributed by atoms with Gasteiger partial charge in [0.1, 0.15) is 0 Å². The third-order valence-corrected chi connectivity index (χ3v) is 7.35. The normalized spacial score (nSPS) is 15.0. The van der Waals surface area contributed by atoms with Crippen LogP contribution in [0.15, 0.2) is 18.2 Å². The molecule has 11 heteroatoms. The van der Waals surface area contributed by atoms with Gasteiger partial charge in [-0.3, -0.25) is 10.1 Å². The van der Waals surface area contributed by atoms with E-state index < -0.39 is 35.4 Å². The van der Waals surface area contributed by atoms with E-state index in [1.54, 1.807) is 20.8 Å². The highest BCUT2D eigenvalue weighted by atomic mass is 16.7. The Bertz CT molecular complexity index is 1060. The van der Waals surface area contributed by atoms with Crippen molar-refractivity contribution in [3.63, 3.8) is 0 Å². The topological polar surface area (TPSA) is 147 Å². The summed E-state index contributed by atoms with van der Waals surface area (Å²) < 4.78 is 26.8. The molecule has 0 aliphatic heterocycles. The molecule has 3 unspecified atom stereocenters. The number of carbonyl (C=O) groups excluding carboxylic acids is 3. The lowest BCUT2D eigenvalue weighted by Crippen LogP contribution is -2.60. The van der Waals surface area contributed by atoms with Crippen LogP contribution in [0, 0.1) is 17.3 Å². The van der Waals surface area contributed by atoms with Crippen LogP contribution in [0.25, 0.3) is 0 Å². The summed E-state index contributed by atoms with van der Waals surface area (Å²) in [5.41, 5.74) is -2.75. The third-order valence-electron chi connectivity index (χ3n) is 7.35. The largest absolute Gasteiger partial charge is 0.513 e. The number of nitrogens with one attached hydrogen (secondary N) is 1. The van der Waals surface area contributed by atoms with Crippen LogP contribution < -0.4 is 14.8 Å². The summed E-state index contributed by atoms with van der Waals surface area (Å²) in [5.74, 6) is -2.18. The summed E-state index contributed by atoms with van der Waals surface area (Å²) in [6, 6.07) is 3.86. The molecule has 2 N–H and O–H groups in total. The average Bonchev–Trinajstić information content (AvgIpc) is 2.95. The van der Waals surface area contributed by atoms with Crippen molar-refractivity contribution in [2.24, 2.45) is 17.3 Å². The number of carboxylic acid groups (broad SMARTS) is 1. The number of hydrogen-bond acceptors (Lipinski definition) is 10. The van der Waals surface area contributed by atoms with Crippen LogP contribution in [0.2, 0.25) is 0 Å². The standard InChI is InChI=1S/C31H49NO10/c1-10-20(5)18-38-28(36)40-24-15-14-23(16-25(24)41-29(37)39-19-21(6)11-2)17-31(26(33)34,32-22(7)12-3)42-27(35)30(8,9)13-4/h14-16,20-22,32H,10-13,17-19H2,1-9H3,(H,33,34)/t20?,21?,22?,31-/m0/s1. The Morgan fingerprint density at radius 2 is 1.36 bits per heavy atom. The van der Waals surface area contributed by atoms with Gasteiger partial charge < -0.3 is 28.8 Å². The summed E-state index contributed by atoms with van der Waals surface area (Å²) >= 11 is 0. The van der Waals surface area contributed by atoms with Crippen LogP contribution in [-0.4, -0.2) is 54.3 Å². The molecule has 0 bridgehead atoms. The minimum Gasteiger partial charge on any atom is -0.477 e. The second-order valence-corrected chi connectivity index (χ2v) is 11.5. The van der Waals surface area contributed by atoms with Crippen molar-refractivity contribution in [2.75, 3.05) is 13.2 Å². The van der Waals surface area contributed by atoms with Crippen molar-refractivity contribution in [3.05, 3.63) is 23.8 Å². The van der Waals surface area contributed by atoms with Gasteiger partial charge in [-0.25, -0.2) is 14.4 Å². The van der Waals surface area contributed by atoms with Crippen molar-refractivity contribution < 1.29 is 48.0 Å². The van der Waals surface area contributed by atoms with E-state index in [4.69, 9.17) is 23.7 Å². The summed E-state index contributed by atoms with van der Waals surface area (Å²) in [6.07, 6.45) is 0.238. The molecule has 1 aromatic rings. The number of benzene rings is 1. The summed E-state index contributed by atoms with van der Waals surface area (Å²) in [6.45, 7) is 16.8. The molecule has 0 aliphatic rings. The second-order valence-electron chi connectivity index (χ2n) is 11.5. The van der Waals surface area contributed by atoms with Gasteiger partial charge in [0, 0.05) is 12.5 Å². The van der Waals surface area contributed by atoms with E-state index in [2.05, 4.69) is 5.32 Å². The summed E-state index contributed by atoms with van der Waals surface area (Å²) in [7, 11) is 0. The molecule has 0 radical (unpaired) electrons. The van der Waals surface area contributed by atoms with Gasteiger partial charge in [-0.2, -0.15) is 0 Å². The van der Waals surface area contributed by atoms with Gasteiger partial charge in [-0.15, -0.1) is 0 Å². The molecule has 42 heavy (non-hydrogen) atoms. The first-order valence-electron chi connectivity index (χ1n) is 14.7. The van der Waals surface area contributed by atoms with E-state index >= 15 is 0 Å². The zero-order valence-electron chi connectivity index (χ0n) is 26.5. The van der Waals surface area contributed by atoms with E-state index in [0.717, 1.165) is 12.8 Å². The molecule has 0 amide bonds. The molecule has 0 saturated carbocycles. The van der Waals surface area contributed by atoms with Gasteiger partial charge in [-0.05, 0) is 63.1 Å². The molecule has 4 atom stereocenters. The van der Waals surface area contributed by atoms with Crippen molar-refractivity contribution >= 4 is 24.2 Å². The number of carbonyl (C=O) groups is 4. The molecular formula is C31H49NO10. The number of aliphatic carboxylic acids is 1. The second kappa shape index (κ2) is 16.9. The zero-order chi connectivity index (χ0) is 32.1. The van der Waals surface area contributed by atoms with E-state index in [0.29, 0.717) is 18.4 Å². The Labute approximate surface area is 249 Å². The molecule has 0 aromatic heterocycles. The van der Waals surface area contributed by atoms with Crippen molar-refractivity contribution in [1.82, 2.24) is 5.32 Å². The predicted molar refractivity (Wildman–Crippen MR) is 156 cm³/mol. The Hall–Kier alpha value is -3.34. The van der Waals surface area contributed by atoms with Gasteiger partial charge in [0.05, 0.1) is 18.6 Å². The Kier molecular flexibility index (Phi) is 14.8. The number of hydrogen-bond donors (Lipinski definition) is 2. The molecule has 0 aliphatic carbocycles. The molecule has 0 saturated heterocycles. The van der Waals surface area contributed by atoms with E-state index in [9.17, 15) is 24.3 Å². The average molecular weight is 596 g/mol. The Balaban J connectivity index is 3.47. The fourth-order valence-corrected chi connectivity index (χ4v) is 3.25. The molecule has 1 aromatic carbocycles. The Morgan fingerprint density at radius 3 is 1.81 bits per heavy atom. The van der Waals surface area contributed by atoms with Gasteiger partial charge in [0.25, 0.3) is 5.72 Å². The number of esters is 1. The van der Waals surface area contributed by atoms with Gasteiger partial charge >= 0.3 is 24.2 Å². The van der Waals surface area contributed by atoms with E-state index in [-0.39, 0.29) is 49.0 Å². The fraction of sp³-hybridized carbons (Fsp3) is 0.677. The third kappa shape index (κ3) is 11.5. The van der Waals surface area contributed by atoms with Gasteiger partial charge in [0.15, 0.2) is 11.5 Å². The minimum atomic E-state index is -2.13. The lowest BCUT2D eigenvalue weighted by Gasteiger charge is -2.35. The highest BCUT2D eigenvalue weighted by Crippen LogP contribution is 2.33. The summed E-state index contributed by atoms with van der Waals surface area (Å²) in [5, 5.41) is 13.3. The lowest BCUT2D eigenvalue weighted by atomic mass is 9.90. The van der Waals surface area contributed by atoms with Crippen LogP contribution in [0.4, 0.5) is 9.59 Å². The monoisotopic (exact) mass is 595 g/mol. The lowest BCUT2D eigenvalue weighted by molar-refractivity contribution is -0.191. The predicted octanol–water partition coefficient (Wildman–Crippen LogP) is 6.50. The molecule has 0 fully saturated rings. The highest BCUT2D eigenvalue weighted by molar-refractivity contribution is 5.84. The van der Waals surface area contributed by atoms with Crippen LogP contribution >= 0.6 is 0 Å². The first-order valence-corrected chi connectivity index (χ1v) is 14.7.